The third-order valence-corrected chi connectivity index (χ3v) is 5.75. The van der Waals surface area contributed by atoms with E-state index in [4.69, 9.17) is 4.74 Å². The fraction of sp³-hybridized carbons (Fsp3) is 0.524. The second-order valence-electron chi connectivity index (χ2n) is 7.51. The van der Waals surface area contributed by atoms with E-state index >= 15 is 0 Å². The molecule has 4 rings (SSSR count). The molecule has 1 aromatic heterocycles. The van der Waals surface area contributed by atoms with Gasteiger partial charge in [-0.05, 0) is 43.9 Å². The maximum atomic E-state index is 12.1. The SMILES string of the molecule is CCOC(=O)c1[nH]ncc1CN1CCCC(N2CCc3ccccc3C2)C1. The molecule has 6 heteroatoms. The minimum Gasteiger partial charge on any atom is -0.461 e. The highest BCUT2D eigenvalue weighted by molar-refractivity contribution is 5.88. The Morgan fingerprint density at radius 3 is 3.00 bits per heavy atom. The number of nitrogens with zero attached hydrogens (tertiary/aromatic N) is 3. The van der Waals surface area contributed by atoms with E-state index in [1.54, 1.807) is 6.20 Å². The van der Waals surface area contributed by atoms with Gasteiger partial charge in [-0.25, -0.2) is 4.79 Å². The highest BCUT2D eigenvalue weighted by Crippen LogP contribution is 2.25. The Bertz CT molecular complexity index is 788. The number of nitrogens with one attached hydrogen (secondary N) is 1. The van der Waals surface area contributed by atoms with Crippen molar-refractivity contribution in [1.82, 2.24) is 20.0 Å². The van der Waals surface area contributed by atoms with Crippen LogP contribution < -0.4 is 0 Å². The van der Waals surface area contributed by atoms with Crippen LogP contribution in [0.3, 0.4) is 0 Å². The Morgan fingerprint density at radius 2 is 2.15 bits per heavy atom. The van der Waals surface area contributed by atoms with Crippen LogP contribution in [0, 0.1) is 0 Å². The third-order valence-electron chi connectivity index (χ3n) is 5.75. The fourth-order valence-corrected chi connectivity index (χ4v) is 4.35. The lowest BCUT2D eigenvalue weighted by Gasteiger charge is -2.41. The zero-order valence-corrected chi connectivity index (χ0v) is 16.0. The lowest BCUT2D eigenvalue weighted by Crippen LogP contribution is -2.49. The van der Waals surface area contributed by atoms with Gasteiger partial charge in [0.15, 0.2) is 0 Å². The Hall–Kier alpha value is -2.18. The van der Waals surface area contributed by atoms with Gasteiger partial charge >= 0.3 is 5.97 Å². The number of likely N-dealkylation sites (tertiary alicyclic amines) is 1. The van der Waals surface area contributed by atoms with Crippen molar-refractivity contribution in [1.29, 1.82) is 0 Å². The van der Waals surface area contributed by atoms with Crippen molar-refractivity contribution < 1.29 is 9.53 Å². The van der Waals surface area contributed by atoms with Crippen LogP contribution in [0.1, 0.15) is 46.9 Å². The average molecular weight is 368 g/mol. The van der Waals surface area contributed by atoms with E-state index in [2.05, 4.69) is 44.3 Å². The van der Waals surface area contributed by atoms with E-state index in [0.717, 1.165) is 44.7 Å². The van der Waals surface area contributed by atoms with Crippen molar-refractivity contribution in [3.8, 4) is 0 Å². The molecule has 1 unspecified atom stereocenters. The van der Waals surface area contributed by atoms with Gasteiger partial charge in [-0.1, -0.05) is 24.3 Å². The second kappa shape index (κ2) is 8.23. The Labute approximate surface area is 160 Å². The number of hydrogen-bond donors (Lipinski definition) is 1. The van der Waals surface area contributed by atoms with Gasteiger partial charge < -0.3 is 4.74 Å². The lowest BCUT2D eigenvalue weighted by atomic mass is 9.96. The number of piperidine rings is 1. The molecule has 0 saturated carbocycles. The van der Waals surface area contributed by atoms with Crippen LogP contribution in [0.2, 0.25) is 0 Å². The summed E-state index contributed by atoms with van der Waals surface area (Å²) < 4.78 is 5.13. The van der Waals surface area contributed by atoms with Crippen molar-refractivity contribution in [2.45, 2.75) is 45.3 Å². The van der Waals surface area contributed by atoms with Gasteiger partial charge in [0.05, 0.1) is 12.8 Å². The third kappa shape index (κ3) is 4.06. The van der Waals surface area contributed by atoms with Crippen LogP contribution in [0.25, 0.3) is 0 Å². The summed E-state index contributed by atoms with van der Waals surface area (Å²) in [4.78, 5) is 17.2. The molecule has 1 atom stereocenters. The summed E-state index contributed by atoms with van der Waals surface area (Å²) in [6, 6.07) is 9.38. The smallest absolute Gasteiger partial charge is 0.356 e. The van der Waals surface area contributed by atoms with E-state index in [9.17, 15) is 4.79 Å². The summed E-state index contributed by atoms with van der Waals surface area (Å²) in [7, 11) is 0. The fourth-order valence-electron chi connectivity index (χ4n) is 4.35. The monoisotopic (exact) mass is 368 g/mol. The van der Waals surface area contributed by atoms with E-state index in [1.165, 1.54) is 24.0 Å². The van der Waals surface area contributed by atoms with Crippen molar-refractivity contribution >= 4 is 5.97 Å². The number of rotatable bonds is 5. The van der Waals surface area contributed by atoms with Crippen molar-refractivity contribution in [3.63, 3.8) is 0 Å². The summed E-state index contributed by atoms with van der Waals surface area (Å²) in [5.41, 5.74) is 4.39. The van der Waals surface area contributed by atoms with Gasteiger partial charge in [0.2, 0.25) is 0 Å². The first kappa shape index (κ1) is 18.2. The largest absolute Gasteiger partial charge is 0.461 e. The molecule has 144 valence electrons. The number of aromatic nitrogens is 2. The van der Waals surface area contributed by atoms with Crippen molar-refractivity contribution in [3.05, 3.63) is 52.8 Å². The van der Waals surface area contributed by atoms with Crippen LogP contribution in [0.15, 0.2) is 30.5 Å². The van der Waals surface area contributed by atoms with E-state index in [0.29, 0.717) is 18.3 Å². The van der Waals surface area contributed by atoms with Crippen molar-refractivity contribution in [2.24, 2.45) is 0 Å². The molecule has 0 amide bonds. The number of carbonyl (C=O) groups is 1. The first-order valence-corrected chi connectivity index (χ1v) is 9.97. The molecule has 0 radical (unpaired) electrons. The maximum absolute atomic E-state index is 12.1. The number of benzene rings is 1. The van der Waals surface area contributed by atoms with Gasteiger partial charge in [-0.3, -0.25) is 14.9 Å². The number of aromatic amines is 1. The Morgan fingerprint density at radius 1 is 1.30 bits per heavy atom. The quantitative estimate of drug-likeness (QED) is 0.822. The normalized spacial score (nSPS) is 21.0. The summed E-state index contributed by atoms with van der Waals surface area (Å²) in [5, 5.41) is 6.87. The molecule has 1 aromatic carbocycles. The minimum absolute atomic E-state index is 0.314. The van der Waals surface area contributed by atoms with Crippen LogP contribution in [0.4, 0.5) is 0 Å². The van der Waals surface area contributed by atoms with Crippen LogP contribution in [-0.2, 0) is 24.2 Å². The molecule has 1 saturated heterocycles. The molecular weight excluding hydrogens is 340 g/mol. The zero-order chi connectivity index (χ0) is 18.6. The number of esters is 1. The van der Waals surface area contributed by atoms with Gasteiger partial charge in [0.25, 0.3) is 0 Å². The molecule has 2 aliphatic heterocycles. The van der Waals surface area contributed by atoms with Gasteiger partial charge in [0, 0.05) is 37.8 Å². The predicted molar refractivity (Wildman–Crippen MR) is 103 cm³/mol. The molecule has 0 spiro atoms. The van der Waals surface area contributed by atoms with Gasteiger partial charge in [-0.2, -0.15) is 5.10 Å². The van der Waals surface area contributed by atoms with Crippen LogP contribution in [-0.4, -0.2) is 58.2 Å². The van der Waals surface area contributed by atoms with Crippen LogP contribution in [0.5, 0.6) is 0 Å². The summed E-state index contributed by atoms with van der Waals surface area (Å²) in [6.45, 7) is 7.22. The Balaban J connectivity index is 1.39. The molecule has 2 aromatic rings. The molecule has 6 nitrogen and oxygen atoms in total. The number of ether oxygens (including phenoxy) is 1. The molecule has 0 aliphatic carbocycles. The highest BCUT2D eigenvalue weighted by Gasteiger charge is 2.28. The second-order valence-corrected chi connectivity index (χ2v) is 7.51. The predicted octanol–water partition coefficient (Wildman–Crippen LogP) is 2.61. The van der Waals surface area contributed by atoms with E-state index in [1.807, 2.05) is 6.92 Å². The van der Waals surface area contributed by atoms with E-state index < -0.39 is 0 Å². The minimum atomic E-state index is -0.314. The lowest BCUT2D eigenvalue weighted by molar-refractivity contribution is 0.0514. The summed E-state index contributed by atoms with van der Waals surface area (Å²) in [5.74, 6) is -0.314. The van der Waals surface area contributed by atoms with Gasteiger partial charge in [0.1, 0.15) is 5.69 Å². The molecule has 3 heterocycles. The average Bonchev–Trinajstić information content (AvgIpc) is 3.16. The van der Waals surface area contributed by atoms with Crippen molar-refractivity contribution in [2.75, 3.05) is 26.2 Å². The maximum Gasteiger partial charge on any atom is 0.356 e. The topological polar surface area (TPSA) is 61.5 Å². The zero-order valence-electron chi connectivity index (χ0n) is 16.0. The van der Waals surface area contributed by atoms with Crippen LogP contribution >= 0.6 is 0 Å². The number of H-pyrrole nitrogens is 1. The number of carbonyl (C=O) groups excluding carboxylic acids is 1. The molecular formula is C21H28N4O2. The first-order chi connectivity index (χ1) is 13.2. The summed E-state index contributed by atoms with van der Waals surface area (Å²) in [6.07, 6.45) is 5.33. The molecule has 0 bridgehead atoms. The van der Waals surface area contributed by atoms with Gasteiger partial charge in [-0.15, -0.1) is 0 Å². The molecule has 27 heavy (non-hydrogen) atoms. The molecule has 2 aliphatic rings. The number of hydrogen-bond acceptors (Lipinski definition) is 5. The number of fused-ring (bicyclic) bond motifs is 1. The summed E-state index contributed by atoms with van der Waals surface area (Å²) >= 11 is 0. The molecule has 1 N–H and O–H groups in total. The standard InChI is InChI=1S/C21H28N4O2/c1-2-27-21(26)20-18(12-22-23-20)13-24-10-5-8-19(15-24)25-11-9-16-6-3-4-7-17(16)14-25/h3-4,6-7,12,19H,2,5,8-11,13-15H2,1H3,(H,22,23). The van der Waals surface area contributed by atoms with E-state index in [-0.39, 0.29) is 5.97 Å². The Kier molecular flexibility index (Phi) is 5.55. The first-order valence-electron chi connectivity index (χ1n) is 9.97. The highest BCUT2D eigenvalue weighted by atomic mass is 16.5. The molecule has 1 fully saturated rings.